The van der Waals surface area contributed by atoms with E-state index < -0.39 is 6.09 Å². The maximum absolute atomic E-state index is 13.1. The van der Waals surface area contributed by atoms with E-state index in [1.165, 1.54) is 16.9 Å². The topological polar surface area (TPSA) is 122 Å². The van der Waals surface area contributed by atoms with Crippen molar-refractivity contribution in [3.8, 4) is 16.5 Å². The minimum atomic E-state index is -1.21. The summed E-state index contributed by atoms with van der Waals surface area (Å²) >= 11 is 2.88. The van der Waals surface area contributed by atoms with Gasteiger partial charge in [-0.2, -0.15) is 5.26 Å². The highest BCUT2D eigenvalue weighted by molar-refractivity contribution is 7.17. The van der Waals surface area contributed by atoms with E-state index in [-0.39, 0.29) is 5.91 Å². The monoisotopic (exact) mass is 544 g/mol. The second-order valence-electron chi connectivity index (χ2n) is 8.70. The second-order valence-corrected chi connectivity index (χ2v) is 10.7. The average Bonchev–Trinajstić information content (AvgIpc) is 3.64. The molecule has 1 saturated heterocycles. The van der Waals surface area contributed by atoms with E-state index in [1.807, 2.05) is 47.8 Å². The number of carbonyl (C=O) groups is 2. The van der Waals surface area contributed by atoms with Crippen molar-refractivity contribution in [2.75, 3.05) is 41.7 Å². The number of carboxylic acid groups (broad SMARTS) is 1. The minimum Gasteiger partial charge on any atom is -0.465 e. The fourth-order valence-electron chi connectivity index (χ4n) is 4.21. The summed E-state index contributed by atoms with van der Waals surface area (Å²) in [5.41, 5.74) is 3.40. The zero-order valence-corrected chi connectivity index (χ0v) is 21.9. The standard InChI is InChI=1S/C27H24N6O3S2/c28-15-18-3-5-19(6-4-18)17-32-9-11-33(12-10-32)26-29-16-24(38-26)25(34)30-22-14-20(23-2-1-13-37-23)7-8-21(22)31-27(35)36/h1-8,13-14,16,31H,9-12,17H2,(H,30,34)(H,35,36). The quantitative estimate of drug-likeness (QED) is 0.284. The lowest BCUT2D eigenvalue weighted by Gasteiger charge is -2.34. The molecule has 0 aliphatic carbocycles. The molecule has 38 heavy (non-hydrogen) atoms. The fraction of sp³-hybridized carbons (Fsp3) is 0.185. The Morgan fingerprint density at radius 1 is 1.03 bits per heavy atom. The van der Waals surface area contributed by atoms with E-state index >= 15 is 0 Å². The van der Waals surface area contributed by atoms with Crippen molar-refractivity contribution in [3.05, 3.63) is 82.2 Å². The molecule has 0 unspecified atom stereocenters. The third-order valence-corrected chi connectivity index (χ3v) is 8.14. The highest BCUT2D eigenvalue weighted by Crippen LogP contribution is 2.33. The van der Waals surface area contributed by atoms with Gasteiger partial charge in [0.1, 0.15) is 4.88 Å². The van der Waals surface area contributed by atoms with Gasteiger partial charge in [-0.1, -0.05) is 35.6 Å². The molecule has 0 spiro atoms. The predicted molar refractivity (Wildman–Crippen MR) is 150 cm³/mol. The van der Waals surface area contributed by atoms with Crippen LogP contribution in [0.15, 0.2) is 66.2 Å². The summed E-state index contributed by atoms with van der Waals surface area (Å²) in [6.45, 7) is 4.13. The van der Waals surface area contributed by atoms with E-state index in [0.717, 1.165) is 48.3 Å². The zero-order valence-electron chi connectivity index (χ0n) is 20.3. The van der Waals surface area contributed by atoms with Crippen molar-refractivity contribution >= 4 is 51.2 Å². The number of aromatic nitrogens is 1. The van der Waals surface area contributed by atoms with Gasteiger partial charge in [-0.3, -0.25) is 15.0 Å². The normalized spacial score (nSPS) is 13.6. The van der Waals surface area contributed by atoms with Crippen LogP contribution in [0.2, 0.25) is 0 Å². The lowest BCUT2D eigenvalue weighted by molar-refractivity contribution is 0.103. The molecule has 1 aliphatic heterocycles. The lowest BCUT2D eigenvalue weighted by Crippen LogP contribution is -2.45. The van der Waals surface area contributed by atoms with Crippen LogP contribution in [0.4, 0.5) is 21.3 Å². The number of nitrogens with one attached hydrogen (secondary N) is 2. The zero-order chi connectivity index (χ0) is 26.5. The Balaban J connectivity index is 1.22. The van der Waals surface area contributed by atoms with Gasteiger partial charge < -0.3 is 15.3 Å². The van der Waals surface area contributed by atoms with E-state index in [4.69, 9.17) is 5.26 Å². The molecule has 1 fully saturated rings. The van der Waals surface area contributed by atoms with Crippen LogP contribution in [-0.4, -0.2) is 53.2 Å². The number of hydrogen-bond donors (Lipinski definition) is 3. The van der Waals surface area contributed by atoms with Crippen molar-refractivity contribution in [1.29, 1.82) is 5.26 Å². The molecule has 3 N–H and O–H groups in total. The first-order valence-electron chi connectivity index (χ1n) is 11.9. The van der Waals surface area contributed by atoms with Gasteiger partial charge in [0.15, 0.2) is 5.13 Å². The SMILES string of the molecule is N#Cc1ccc(CN2CCN(c3ncc(C(=O)Nc4cc(-c5cccs5)ccc4NC(=O)O)s3)CC2)cc1. The summed E-state index contributed by atoms with van der Waals surface area (Å²) in [6, 6.07) is 18.9. The molecule has 5 rings (SSSR count). The highest BCUT2D eigenvalue weighted by Gasteiger charge is 2.22. The molecular formula is C27H24N6O3S2. The molecule has 9 nitrogen and oxygen atoms in total. The van der Waals surface area contributed by atoms with Gasteiger partial charge in [0.2, 0.25) is 0 Å². The maximum atomic E-state index is 13.1. The van der Waals surface area contributed by atoms with E-state index in [9.17, 15) is 14.7 Å². The van der Waals surface area contributed by atoms with Crippen molar-refractivity contribution < 1.29 is 14.7 Å². The number of carbonyl (C=O) groups excluding carboxylic acids is 1. The van der Waals surface area contributed by atoms with Crippen molar-refractivity contribution in [2.45, 2.75) is 6.54 Å². The van der Waals surface area contributed by atoms with Crippen LogP contribution in [0.25, 0.3) is 10.4 Å². The molecule has 4 aromatic rings. The van der Waals surface area contributed by atoms with Crippen molar-refractivity contribution in [3.63, 3.8) is 0 Å². The first-order chi connectivity index (χ1) is 18.5. The Morgan fingerprint density at radius 2 is 1.82 bits per heavy atom. The second kappa shape index (κ2) is 11.4. The summed E-state index contributed by atoms with van der Waals surface area (Å²) in [7, 11) is 0. The third-order valence-electron chi connectivity index (χ3n) is 6.16. The van der Waals surface area contributed by atoms with E-state index in [0.29, 0.717) is 21.8 Å². The van der Waals surface area contributed by atoms with Crippen LogP contribution < -0.4 is 15.5 Å². The Labute approximate surface area is 227 Å². The van der Waals surface area contributed by atoms with Gasteiger partial charge in [0.25, 0.3) is 5.91 Å². The number of piperazine rings is 1. The number of nitriles is 1. The Kier molecular flexibility index (Phi) is 7.65. The molecule has 0 atom stereocenters. The molecule has 2 amide bonds. The van der Waals surface area contributed by atoms with Gasteiger partial charge >= 0.3 is 6.09 Å². The van der Waals surface area contributed by atoms with E-state index in [1.54, 1.807) is 29.7 Å². The largest absolute Gasteiger partial charge is 0.465 e. The summed E-state index contributed by atoms with van der Waals surface area (Å²) in [5, 5.41) is 26.1. The summed E-state index contributed by atoms with van der Waals surface area (Å²) < 4.78 is 0. The number of hydrogen-bond acceptors (Lipinski definition) is 8. The highest BCUT2D eigenvalue weighted by atomic mass is 32.1. The van der Waals surface area contributed by atoms with Gasteiger partial charge in [-0.15, -0.1) is 11.3 Å². The fourth-order valence-corrected chi connectivity index (χ4v) is 5.79. The number of rotatable bonds is 7. The van der Waals surface area contributed by atoms with Gasteiger partial charge in [0.05, 0.1) is 29.2 Å². The molecule has 0 bridgehead atoms. The molecule has 0 radical (unpaired) electrons. The number of nitrogens with zero attached hydrogens (tertiary/aromatic N) is 4. The molecule has 3 heterocycles. The average molecular weight is 545 g/mol. The number of amides is 2. The predicted octanol–water partition coefficient (Wildman–Crippen LogP) is 5.41. The van der Waals surface area contributed by atoms with Crippen LogP contribution in [-0.2, 0) is 6.54 Å². The van der Waals surface area contributed by atoms with Crippen LogP contribution in [0.3, 0.4) is 0 Å². The van der Waals surface area contributed by atoms with Crippen LogP contribution >= 0.6 is 22.7 Å². The van der Waals surface area contributed by atoms with Gasteiger partial charge in [0, 0.05) is 37.6 Å². The third kappa shape index (κ3) is 6.00. The molecule has 1 aliphatic rings. The number of benzene rings is 2. The first-order valence-corrected chi connectivity index (χ1v) is 13.6. The molecule has 2 aromatic carbocycles. The van der Waals surface area contributed by atoms with Crippen LogP contribution in [0.5, 0.6) is 0 Å². The minimum absolute atomic E-state index is 0.300. The number of anilines is 3. The number of thiazole rings is 1. The number of thiophene rings is 1. The van der Waals surface area contributed by atoms with Crippen LogP contribution in [0.1, 0.15) is 20.8 Å². The molecule has 11 heteroatoms. The molecule has 192 valence electrons. The van der Waals surface area contributed by atoms with Crippen LogP contribution in [0, 0.1) is 11.3 Å². The smallest absolute Gasteiger partial charge is 0.409 e. The van der Waals surface area contributed by atoms with E-state index in [2.05, 4.69) is 31.5 Å². The molecule has 0 saturated carbocycles. The van der Waals surface area contributed by atoms with Gasteiger partial charge in [-0.05, 0) is 46.8 Å². The Bertz CT molecular complexity index is 1470. The van der Waals surface area contributed by atoms with Gasteiger partial charge in [-0.25, -0.2) is 9.78 Å². The Hall–Kier alpha value is -4.24. The molecular weight excluding hydrogens is 520 g/mol. The van der Waals surface area contributed by atoms with Crippen molar-refractivity contribution in [1.82, 2.24) is 9.88 Å². The molecule has 2 aromatic heterocycles. The maximum Gasteiger partial charge on any atom is 0.409 e. The van der Waals surface area contributed by atoms with Crippen molar-refractivity contribution in [2.24, 2.45) is 0 Å². The summed E-state index contributed by atoms with van der Waals surface area (Å²) in [5.74, 6) is -0.343. The summed E-state index contributed by atoms with van der Waals surface area (Å²) in [6.07, 6.45) is 0.356. The Morgan fingerprint density at radius 3 is 2.50 bits per heavy atom. The summed E-state index contributed by atoms with van der Waals surface area (Å²) in [4.78, 5) is 34.8. The lowest BCUT2D eigenvalue weighted by atomic mass is 10.1. The first kappa shape index (κ1) is 25.4.